The molecule has 0 aliphatic carbocycles. The Kier molecular flexibility index (Phi) is 3.47. The number of hydrogen-bond donors (Lipinski definition) is 1. The molecule has 106 valence electrons. The van der Waals surface area contributed by atoms with Crippen LogP contribution < -0.4 is 5.32 Å². The van der Waals surface area contributed by atoms with Gasteiger partial charge in [-0.1, -0.05) is 6.92 Å². The molecule has 0 radical (unpaired) electrons. The molecule has 6 heteroatoms. The van der Waals surface area contributed by atoms with Gasteiger partial charge in [0, 0.05) is 12.0 Å². The molecule has 1 aromatic rings. The van der Waals surface area contributed by atoms with Crippen molar-refractivity contribution in [3.63, 3.8) is 0 Å². The van der Waals surface area contributed by atoms with Crippen LogP contribution in [-0.4, -0.2) is 31.4 Å². The summed E-state index contributed by atoms with van der Waals surface area (Å²) in [4.78, 5) is 12.2. The standard InChI is InChI=1S/C13H19NO4S/c1-4-10-7-9(2)11(18-10)12(15)14-13(3)5-6-19(16,17)8-13/h7H,4-6,8H2,1-3H3,(H,14,15)/t13-/m1/s1. The molecular weight excluding hydrogens is 266 g/mol. The van der Waals surface area contributed by atoms with Crippen LogP contribution in [-0.2, 0) is 16.3 Å². The highest BCUT2D eigenvalue weighted by molar-refractivity contribution is 7.91. The van der Waals surface area contributed by atoms with Crippen LogP contribution in [0.4, 0.5) is 0 Å². The number of nitrogens with one attached hydrogen (secondary N) is 1. The first-order valence-corrected chi connectivity index (χ1v) is 8.19. The van der Waals surface area contributed by atoms with E-state index in [1.807, 2.05) is 19.9 Å². The summed E-state index contributed by atoms with van der Waals surface area (Å²) in [7, 11) is -3.04. The van der Waals surface area contributed by atoms with Crippen molar-refractivity contribution in [3.8, 4) is 0 Å². The maximum absolute atomic E-state index is 12.2. The third kappa shape index (κ3) is 3.00. The summed E-state index contributed by atoms with van der Waals surface area (Å²) < 4.78 is 28.5. The van der Waals surface area contributed by atoms with Gasteiger partial charge in [0.15, 0.2) is 15.6 Å². The molecule has 1 aliphatic heterocycles. The van der Waals surface area contributed by atoms with Gasteiger partial charge in [0.1, 0.15) is 5.76 Å². The van der Waals surface area contributed by atoms with Crippen molar-refractivity contribution in [3.05, 3.63) is 23.2 Å². The van der Waals surface area contributed by atoms with Gasteiger partial charge < -0.3 is 9.73 Å². The highest BCUT2D eigenvalue weighted by Crippen LogP contribution is 2.24. The molecule has 5 nitrogen and oxygen atoms in total. The maximum Gasteiger partial charge on any atom is 0.287 e. The molecule has 0 unspecified atom stereocenters. The summed E-state index contributed by atoms with van der Waals surface area (Å²) >= 11 is 0. The first-order valence-electron chi connectivity index (χ1n) is 6.37. The molecule has 1 amide bonds. The second-order valence-corrected chi connectivity index (χ2v) is 7.62. The van der Waals surface area contributed by atoms with Crippen LogP contribution in [0.1, 0.15) is 42.1 Å². The van der Waals surface area contributed by atoms with Crippen molar-refractivity contribution in [2.75, 3.05) is 11.5 Å². The van der Waals surface area contributed by atoms with E-state index in [2.05, 4.69) is 5.32 Å². The van der Waals surface area contributed by atoms with Crippen molar-refractivity contribution in [2.24, 2.45) is 0 Å². The highest BCUT2D eigenvalue weighted by Gasteiger charge is 2.40. The minimum absolute atomic E-state index is 0.00781. The first kappa shape index (κ1) is 14.1. The van der Waals surface area contributed by atoms with Gasteiger partial charge in [-0.3, -0.25) is 4.79 Å². The lowest BCUT2D eigenvalue weighted by Crippen LogP contribution is -2.47. The minimum atomic E-state index is -3.04. The van der Waals surface area contributed by atoms with E-state index in [4.69, 9.17) is 4.42 Å². The van der Waals surface area contributed by atoms with Crippen LogP contribution in [0.15, 0.2) is 10.5 Å². The van der Waals surface area contributed by atoms with Crippen LogP contribution in [0, 0.1) is 6.92 Å². The molecule has 1 saturated heterocycles. The topological polar surface area (TPSA) is 76.4 Å². The quantitative estimate of drug-likeness (QED) is 0.912. The van der Waals surface area contributed by atoms with Crippen molar-refractivity contribution in [1.82, 2.24) is 5.32 Å². The van der Waals surface area contributed by atoms with Crippen LogP contribution in [0.5, 0.6) is 0 Å². The third-order valence-corrected chi connectivity index (χ3v) is 5.35. The smallest absolute Gasteiger partial charge is 0.287 e. The molecular formula is C13H19NO4S. The number of hydrogen-bond acceptors (Lipinski definition) is 4. The molecule has 1 N–H and O–H groups in total. The Morgan fingerprint density at radius 1 is 1.53 bits per heavy atom. The van der Waals surface area contributed by atoms with Gasteiger partial charge in [-0.25, -0.2) is 8.42 Å². The molecule has 0 spiro atoms. The Hall–Kier alpha value is -1.30. The number of carbonyl (C=O) groups excluding carboxylic acids is 1. The van der Waals surface area contributed by atoms with Crippen LogP contribution in [0.3, 0.4) is 0 Å². The highest BCUT2D eigenvalue weighted by atomic mass is 32.2. The van der Waals surface area contributed by atoms with Crippen LogP contribution in [0.2, 0.25) is 0 Å². The van der Waals surface area contributed by atoms with E-state index >= 15 is 0 Å². The predicted octanol–water partition coefficient (Wildman–Crippen LogP) is 1.46. The lowest BCUT2D eigenvalue weighted by molar-refractivity contribution is 0.0884. The third-order valence-electron chi connectivity index (χ3n) is 3.44. The normalized spacial score (nSPS) is 25.4. The second kappa shape index (κ2) is 4.67. The Bertz CT molecular complexity index is 602. The summed E-state index contributed by atoms with van der Waals surface area (Å²) in [6, 6.07) is 1.84. The monoisotopic (exact) mass is 285 g/mol. The van der Waals surface area contributed by atoms with Gasteiger partial charge in [-0.2, -0.15) is 0 Å². The van der Waals surface area contributed by atoms with Crippen LogP contribution in [0.25, 0.3) is 0 Å². The summed E-state index contributed by atoms with van der Waals surface area (Å²) in [6.45, 7) is 5.52. The van der Waals surface area contributed by atoms with E-state index < -0.39 is 15.4 Å². The number of sulfone groups is 1. The Morgan fingerprint density at radius 2 is 2.21 bits per heavy atom. The van der Waals surface area contributed by atoms with Crippen LogP contribution >= 0.6 is 0 Å². The Balaban J connectivity index is 2.15. The van der Waals surface area contributed by atoms with Gasteiger partial charge in [0.2, 0.25) is 0 Å². The van der Waals surface area contributed by atoms with Crippen molar-refractivity contribution >= 4 is 15.7 Å². The Labute approximate surface area is 113 Å². The number of carbonyl (C=O) groups is 1. The van der Waals surface area contributed by atoms with Gasteiger partial charge in [-0.05, 0) is 26.3 Å². The zero-order chi connectivity index (χ0) is 14.3. The molecule has 1 fully saturated rings. The molecule has 0 saturated carbocycles. The second-order valence-electron chi connectivity index (χ2n) is 5.44. The first-order chi connectivity index (χ1) is 8.75. The molecule has 2 rings (SSSR count). The lowest BCUT2D eigenvalue weighted by atomic mass is 10.0. The lowest BCUT2D eigenvalue weighted by Gasteiger charge is -2.23. The van der Waals surface area contributed by atoms with E-state index in [-0.39, 0.29) is 23.2 Å². The fourth-order valence-electron chi connectivity index (χ4n) is 2.39. The van der Waals surface area contributed by atoms with E-state index in [1.54, 1.807) is 6.92 Å². The summed E-state index contributed by atoms with van der Waals surface area (Å²) in [6.07, 6.45) is 1.17. The molecule has 19 heavy (non-hydrogen) atoms. The molecule has 0 aromatic carbocycles. The van der Waals surface area contributed by atoms with Crippen molar-refractivity contribution in [2.45, 2.75) is 39.2 Å². The molecule has 1 aliphatic rings. The van der Waals surface area contributed by atoms with Gasteiger partial charge in [0.25, 0.3) is 5.91 Å². The fraction of sp³-hybridized carbons (Fsp3) is 0.615. The number of amides is 1. The van der Waals surface area contributed by atoms with Gasteiger partial charge in [-0.15, -0.1) is 0 Å². The number of rotatable bonds is 3. The van der Waals surface area contributed by atoms with E-state index in [0.717, 1.165) is 17.7 Å². The van der Waals surface area contributed by atoms with E-state index in [1.165, 1.54) is 0 Å². The zero-order valence-electron chi connectivity index (χ0n) is 11.4. The predicted molar refractivity (Wildman–Crippen MR) is 72.0 cm³/mol. The maximum atomic E-state index is 12.2. The average molecular weight is 285 g/mol. The SMILES string of the molecule is CCc1cc(C)c(C(=O)N[C@]2(C)CCS(=O)(=O)C2)o1. The van der Waals surface area contributed by atoms with Crippen molar-refractivity contribution < 1.29 is 17.6 Å². The largest absolute Gasteiger partial charge is 0.456 e. The van der Waals surface area contributed by atoms with Gasteiger partial charge in [0.05, 0.1) is 17.0 Å². The fourth-order valence-corrected chi connectivity index (χ4v) is 4.48. The summed E-state index contributed by atoms with van der Waals surface area (Å²) in [5.74, 6) is 0.818. The van der Waals surface area contributed by atoms with Crippen molar-refractivity contribution in [1.29, 1.82) is 0 Å². The average Bonchev–Trinajstić information content (AvgIpc) is 2.79. The number of furan rings is 1. The molecule has 2 heterocycles. The molecule has 0 bridgehead atoms. The molecule has 1 aromatic heterocycles. The number of aryl methyl sites for hydroxylation is 2. The summed E-state index contributed by atoms with van der Waals surface area (Å²) in [5.41, 5.74) is 0.0837. The minimum Gasteiger partial charge on any atom is -0.456 e. The van der Waals surface area contributed by atoms with E-state index in [9.17, 15) is 13.2 Å². The van der Waals surface area contributed by atoms with Gasteiger partial charge >= 0.3 is 0 Å². The molecule has 1 atom stereocenters. The Morgan fingerprint density at radius 3 is 2.68 bits per heavy atom. The zero-order valence-corrected chi connectivity index (χ0v) is 12.3. The van der Waals surface area contributed by atoms with E-state index in [0.29, 0.717) is 6.42 Å². The summed E-state index contributed by atoms with van der Waals surface area (Å²) in [5, 5.41) is 2.79.